The lowest BCUT2D eigenvalue weighted by molar-refractivity contribution is -0.121. The summed E-state index contributed by atoms with van der Waals surface area (Å²) in [7, 11) is 0. The zero-order valence-corrected chi connectivity index (χ0v) is 14.2. The summed E-state index contributed by atoms with van der Waals surface area (Å²) < 4.78 is 0. The molecule has 1 atom stereocenters. The van der Waals surface area contributed by atoms with Crippen LogP contribution < -0.4 is 4.90 Å². The molecule has 2 aliphatic rings. The van der Waals surface area contributed by atoms with Crippen LogP contribution in [0.2, 0.25) is 0 Å². The van der Waals surface area contributed by atoms with E-state index in [2.05, 4.69) is 36.1 Å². The quantitative estimate of drug-likeness (QED) is 0.859. The minimum absolute atomic E-state index is 0.195. The van der Waals surface area contributed by atoms with E-state index in [0.29, 0.717) is 6.67 Å². The third kappa shape index (κ3) is 2.35. The van der Waals surface area contributed by atoms with Crippen molar-refractivity contribution in [2.24, 2.45) is 0 Å². The van der Waals surface area contributed by atoms with Gasteiger partial charge in [0.1, 0.15) is 0 Å². The molecule has 1 saturated heterocycles. The lowest BCUT2D eigenvalue weighted by atomic mass is 9.77. The van der Waals surface area contributed by atoms with E-state index < -0.39 is 5.41 Å². The molecule has 24 heavy (non-hydrogen) atoms. The van der Waals surface area contributed by atoms with Crippen LogP contribution in [-0.4, -0.2) is 30.6 Å². The van der Waals surface area contributed by atoms with Crippen LogP contribution >= 0.6 is 0 Å². The van der Waals surface area contributed by atoms with Crippen molar-refractivity contribution in [3.63, 3.8) is 0 Å². The van der Waals surface area contributed by atoms with Crippen molar-refractivity contribution in [2.45, 2.75) is 31.6 Å². The third-order valence-electron chi connectivity index (χ3n) is 5.55. The van der Waals surface area contributed by atoms with Crippen LogP contribution in [0.3, 0.4) is 0 Å². The van der Waals surface area contributed by atoms with Gasteiger partial charge in [0.2, 0.25) is 5.91 Å². The Morgan fingerprint density at radius 3 is 2.33 bits per heavy atom. The van der Waals surface area contributed by atoms with E-state index in [1.165, 1.54) is 19.3 Å². The molecule has 2 aromatic carbocycles. The summed E-state index contributed by atoms with van der Waals surface area (Å²) in [5, 5.41) is 0. The Labute approximate surface area is 143 Å². The van der Waals surface area contributed by atoms with Crippen LogP contribution in [0.1, 0.15) is 37.3 Å². The number of amides is 1. The Kier molecular flexibility index (Phi) is 3.89. The second-order valence-corrected chi connectivity index (χ2v) is 7.06. The molecule has 1 fully saturated rings. The average molecular weight is 320 g/mol. The van der Waals surface area contributed by atoms with Gasteiger partial charge < -0.3 is 0 Å². The van der Waals surface area contributed by atoms with Crippen molar-refractivity contribution < 1.29 is 4.79 Å². The summed E-state index contributed by atoms with van der Waals surface area (Å²) in [6, 6.07) is 18.4. The van der Waals surface area contributed by atoms with Crippen LogP contribution in [-0.2, 0) is 10.2 Å². The number of piperidine rings is 1. The van der Waals surface area contributed by atoms with Crippen molar-refractivity contribution in [2.75, 3.05) is 24.7 Å². The number of anilines is 1. The number of benzene rings is 2. The predicted molar refractivity (Wildman–Crippen MR) is 97.1 cm³/mol. The molecule has 0 unspecified atom stereocenters. The molecule has 0 spiro atoms. The molecule has 0 saturated carbocycles. The van der Waals surface area contributed by atoms with Gasteiger partial charge in [-0.3, -0.25) is 14.6 Å². The number of likely N-dealkylation sites (tertiary alicyclic amines) is 1. The van der Waals surface area contributed by atoms with Crippen LogP contribution in [0.4, 0.5) is 5.69 Å². The van der Waals surface area contributed by atoms with Gasteiger partial charge in [-0.25, -0.2) is 0 Å². The van der Waals surface area contributed by atoms with Crippen LogP contribution in [0.15, 0.2) is 54.6 Å². The average Bonchev–Trinajstić information content (AvgIpc) is 2.87. The topological polar surface area (TPSA) is 23.6 Å². The maximum atomic E-state index is 13.5. The Morgan fingerprint density at radius 2 is 1.58 bits per heavy atom. The van der Waals surface area contributed by atoms with E-state index in [4.69, 9.17) is 0 Å². The van der Waals surface area contributed by atoms with Gasteiger partial charge in [-0.1, -0.05) is 55.0 Å². The van der Waals surface area contributed by atoms with Crippen LogP contribution in [0, 0.1) is 0 Å². The monoisotopic (exact) mass is 320 g/mol. The van der Waals surface area contributed by atoms with E-state index >= 15 is 0 Å². The SMILES string of the molecule is C[C@@]1(c2ccccc2)C(=O)N(CN2CCCCC2)c2ccccc21. The number of carbonyl (C=O) groups excluding carboxylic acids is 1. The summed E-state index contributed by atoms with van der Waals surface area (Å²) in [6.07, 6.45) is 3.78. The largest absolute Gasteiger partial charge is 0.298 e. The smallest absolute Gasteiger partial charge is 0.243 e. The molecule has 2 heterocycles. The fourth-order valence-electron chi connectivity index (χ4n) is 4.12. The first kappa shape index (κ1) is 15.4. The minimum atomic E-state index is -0.590. The molecular weight excluding hydrogens is 296 g/mol. The lowest BCUT2D eigenvalue weighted by Crippen LogP contribution is -2.46. The number of hydrogen-bond donors (Lipinski definition) is 0. The van der Waals surface area contributed by atoms with Crippen molar-refractivity contribution in [1.82, 2.24) is 4.90 Å². The van der Waals surface area contributed by atoms with Gasteiger partial charge in [0.15, 0.2) is 0 Å². The lowest BCUT2D eigenvalue weighted by Gasteiger charge is -2.32. The molecule has 124 valence electrons. The first-order valence-corrected chi connectivity index (χ1v) is 8.90. The first-order valence-electron chi connectivity index (χ1n) is 8.90. The van der Waals surface area contributed by atoms with Gasteiger partial charge in [0.25, 0.3) is 0 Å². The van der Waals surface area contributed by atoms with Gasteiger partial charge in [-0.2, -0.15) is 0 Å². The molecule has 0 aliphatic carbocycles. The molecule has 2 aromatic rings. The van der Waals surface area contributed by atoms with Gasteiger partial charge in [0.05, 0.1) is 12.1 Å². The Bertz CT molecular complexity index is 737. The van der Waals surface area contributed by atoms with Crippen molar-refractivity contribution in [1.29, 1.82) is 0 Å². The van der Waals surface area contributed by atoms with E-state index in [-0.39, 0.29) is 5.91 Å². The number of nitrogens with zero attached hydrogens (tertiary/aromatic N) is 2. The summed E-state index contributed by atoms with van der Waals surface area (Å²) in [5.41, 5.74) is 2.68. The highest BCUT2D eigenvalue weighted by Crippen LogP contribution is 2.45. The van der Waals surface area contributed by atoms with Crippen molar-refractivity contribution in [3.8, 4) is 0 Å². The highest BCUT2D eigenvalue weighted by atomic mass is 16.2. The summed E-state index contributed by atoms with van der Waals surface area (Å²) in [4.78, 5) is 17.9. The maximum Gasteiger partial charge on any atom is 0.243 e. The summed E-state index contributed by atoms with van der Waals surface area (Å²) in [6.45, 7) is 4.96. The fraction of sp³-hybridized carbons (Fsp3) is 0.381. The van der Waals surface area contributed by atoms with Crippen LogP contribution in [0.25, 0.3) is 0 Å². The van der Waals surface area contributed by atoms with E-state index in [1.807, 2.05) is 35.2 Å². The summed E-state index contributed by atoms with van der Waals surface area (Å²) >= 11 is 0. The Hall–Kier alpha value is -2.13. The maximum absolute atomic E-state index is 13.5. The standard InChI is InChI=1S/C21H24N2O/c1-21(17-10-4-2-5-11-17)18-12-6-7-13-19(18)23(20(21)24)16-22-14-8-3-9-15-22/h2,4-7,10-13H,3,8-9,14-16H2,1H3/t21-/m0/s1. The molecule has 4 rings (SSSR count). The number of carbonyl (C=O) groups is 1. The van der Waals surface area contributed by atoms with E-state index in [0.717, 1.165) is 29.9 Å². The van der Waals surface area contributed by atoms with Gasteiger partial charge >= 0.3 is 0 Å². The number of hydrogen-bond acceptors (Lipinski definition) is 2. The Morgan fingerprint density at radius 1 is 0.917 bits per heavy atom. The molecule has 0 radical (unpaired) electrons. The zero-order chi connectivity index (χ0) is 16.6. The number of fused-ring (bicyclic) bond motifs is 1. The molecule has 1 amide bonds. The molecule has 0 N–H and O–H groups in total. The highest BCUT2D eigenvalue weighted by molar-refractivity contribution is 6.10. The van der Waals surface area contributed by atoms with Gasteiger partial charge in [-0.15, -0.1) is 0 Å². The number of para-hydroxylation sites is 1. The minimum Gasteiger partial charge on any atom is -0.298 e. The van der Waals surface area contributed by atoms with Crippen LogP contribution in [0.5, 0.6) is 0 Å². The second-order valence-electron chi connectivity index (χ2n) is 7.06. The molecule has 2 aliphatic heterocycles. The first-order chi connectivity index (χ1) is 11.7. The second kappa shape index (κ2) is 6.06. The molecule has 3 nitrogen and oxygen atoms in total. The van der Waals surface area contributed by atoms with E-state index in [1.54, 1.807) is 0 Å². The van der Waals surface area contributed by atoms with Gasteiger partial charge in [-0.05, 0) is 50.0 Å². The highest BCUT2D eigenvalue weighted by Gasteiger charge is 2.48. The summed E-state index contributed by atoms with van der Waals surface area (Å²) in [5.74, 6) is 0.195. The van der Waals surface area contributed by atoms with E-state index in [9.17, 15) is 4.79 Å². The predicted octanol–water partition coefficient (Wildman–Crippen LogP) is 3.78. The van der Waals surface area contributed by atoms with Crippen molar-refractivity contribution in [3.05, 3.63) is 65.7 Å². The zero-order valence-electron chi connectivity index (χ0n) is 14.2. The number of rotatable bonds is 3. The van der Waals surface area contributed by atoms with Crippen molar-refractivity contribution >= 4 is 11.6 Å². The Balaban J connectivity index is 1.74. The molecule has 3 heteroatoms. The third-order valence-corrected chi connectivity index (χ3v) is 5.55. The fourth-order valence-corrected chi connectivity index (χ4v) is 4.12. The van der Waals surface area contributed by atoms with Gasteiger partial charge in [0, 0.05) is 5.69 Å². The normalized spacial score (nSPS) is 24.2. The molecule has 0 aromatic heterocycles. The molecule has 0 bridgehead atoms. The molecular formula is C21H24N2O.